The molecule has 8 heteroatoms. The zero-order chi connectivity index (χ0) is 19.3. The van der Waals surface area contributed by atoms with Crippen molar-refractivity contribution >= 4 is 15.9 Å². The molecule has 1 aromatic rings. The molecule has 1 N–H and O–H groups in total. The zero-order valence-electron chi connectivity index (χ0n) is 15.7. The van der Waals surface area contributed by atoms with Gasteiger partial charge in [-0.15, -0.1) is 0 Å². The van der Waals surface area contributed by atoms with Crippen LogP contribution in [0, 0.1) is 5.92 Å². The van der Waals surface area contributed by atoms with E-state index in [9.17, 15) is 13.2 Å². The number of hydrogen-bond acceptors (Lipinski definition) is 5. The SMILES string of the molecule is CCOc1ccc(S(=O)(=O)N2CCC[C@@H](C(=O)NC[C@H]3CCCO3)C2)cc1. The van der Waals surface area contributed by atoms with E-state index in [1.54, 1.807) is 24.3 Å². The highest BCUT2D eigenvalue weighted by atomic mass is 32.2. The van der Waals surface area contributed by atoms with E-state index >= 15 is 0 Å². The molecule has 0 saturated carbocycles. The molecular formula is C19H28N2O5S. The van der Waals surface area contributed by atoms with Gasteiger partial charge in [-0.3, -0.25) is 4.79 Å². The van der Waals surface area contributed by atoms with Crippen LogP contribution in [-0.4, -0.2) is 57.6 Å². The molecule has 0 aliphatic carbocycles. The van der Waals surface area contributed by atoms with Crippen LogP contribution in [0.1, 0.15) is 32.6 Å². The highest BCUT2D eigenvalue weighted by Crippen LogP contribution is 2.25. The molecule has 1 amide bonds. The van der Waals surface area contributed by atoms with Crippen molar-refractivity contribution in [2.75, 3.05) is 32.8 Å². The Morgan fingerprint density at radius 3 is 2.70 bits per heavy atom. The fraction of sp³-hybridized carbons (Fsp3) is 0.632. The minimum atomic E-state index is -3.62. The van der Waals surface area contributed by atoms with Gasteiger partial charge in [0.15, 0.2) is 0 Å². The number of amides is 1. The molecule has 2 saturated heterocycles. The largest absolute Gasteiger partial charge is 0.494 e. The third-order valence-corrected chi connectivity index (χ3v) is 6.93. The first-order chi connectivity index (χ1) is 13.0. The van der Waals surface area contributed by atoms with Crippen LogP contribution >= 0.6 is 0 Å². The summed E-state index contributed by atoms with van der Waals surface area (Å²) in [4.78, 5) is 12.7. The number of ether oxygens (including phenoxy) is 2. The van der Waals surface area contributed by atoms with Gasteiger partial charge in [0.1, 0.15) is 5.75 Å². The summed E-state index contributed by atoms with van der Waals surface area (Å²) in [6.45, 7) is 4.31. The quantitative estimate of drug-likeness (QED) is 0.759. The lowest BCUT2D eigenvalue weighted by Gasteiger charge is -2.31. The minimum Gasteiger partial charge on any atom is -0.494 e. The standard InChI is InChI=1S/C19H28N2O5S/c1-2-25-16-7-9-18(10-8-16)27(23,24)21-11-3-5-15(14-21)19(22)20-13-17-6-4-12-26-17/h7-10,15,17H,2-6,11-14H2,1H3,(H,20,22)/t15-,17-/m1/s1. The summed E-state index contributed by atoms with van der Waals surface area (Å²) in [6, 6.07) is 6.43. The lowest BCUT2D eigenvalue weighted by atomic mass is 9.99. The molecule has 7 nitrogen and oxygen atoms in total. The Morgan fingerprint density at radius 1 is 1.26 bits per heavy atom. The van der Waals surface area contributed by atoms with Crippen LogP contribution in [0.5, 0.6) is 5.75 Å². The van der Waals surface area contributed by atoms with Crippen LogP contribution in [0.4, 0.5) is 0 Å². The van der Waals surface area contributed by atoms with Gasteiger partial charge in [-0.25, -0.2) is 8.42 Å². The molecule has 0 radical (unpaired) electrons. The van der Waals surface area contributed by atoms with Gasteiger partial charge < -0.3 is 14.8 Å². The van der Waals surface area contributed by atoms with Crippen LogP contribution in [-0.2, 0) is 19.6 Å². The molecule has 150 valence electrons. The minimum absolute atomic E-state index is 0.0845. The van der Waals surface area contributed by atoms with Gasteiger partial charge in [-0.1, -0.05) is 0 Å². The first-order valence-corrected chi connectivity index (χ1v) is 11.1. The topological polar surface area (TPSA) is 84.9 Å². The number of benzene rings is 1. The number of carbonyl (C=O) groups excluding carboxylic acids is 1. The highest BCUT2D eigenvalue weighted by Gasteiger charge is 2.33. The van der Waals surface area contributed by atoms with E-state index in [4.69, 9.17) is 9.47 Å². The molecular weight excluding hydrogens is 368 g/mol. The highest BCUT2D eigenvalue weighted by molar-refractivity contribution is 7.89. The number of nitrogens with one attached hydrogen (secondary N) is 1. The zero-order valence-corrected chi connectivity index (χ0v) is 16.5. The lowest BCUT2D eigenvalue weighted by molar-refractivity contribution is -0.126. The van der Waals surface area contributed by atoms with Gasteiger partial charge >= 0.3 is 0 Å². The number of rotatable bonds is 7. The predicted octanol–water partition coefficient (Wildman–Crippen LogP) is 1.78. The van der Waals surface area contributed by atoms with Gasteiger partial charge in [0.2, 0.25) is 15.9 Å². The number of hydrogen-bond donors (Lipinski definition) is 1. The van der Waals surface area contributed by atoms with Gasteiger partial charge in [0.05, 0.1) is 23.5 Å². The summed E-state index contributed by atoms with van der Waals surface area (Å²) in [5.74, 6) is 0.233. The van der Waals surface area contributed by atoms with Gasteiger partial charge in [0.25, 0.3) is 0 Å². The average Bonchev–Trinajstić information content (AvgIpc) is 3.20. The van der Waals surface area contributed by atoms with Crippen LogP contribution in [0.2, 0.25) is 0 Å². The van der Waals surface area contributed by atoms with Crippen molar-refractivity contribution in [1.82, 2.24) is 9.62 Å². The van der Waals surface area contributed by atoms with E-state index in [0.717, 1.165) is 19.4 Å². The fourth-order valence-electron chi connectivity index (χ4n) is 3.56. The van der Waals surface area contributed by atoms with Gasteiger partial charge in [-0.05, 0) is 56.9 Å². The van der Waals surface area contributed by atoms with Gasteiger partial charge in [-0.2, -0.15) is 4.31 Å². The first kappa shape index (κ1) is 20.1. The maximum Gasteiger partial charge on any atom is 0.243 e. The molecule has 0 unspecified atom stereocenters. The maximum atomic E-state index is 12.9. The molecule has 27 heavy (non-hydrogen) atoms. The predicted molar refractivity (Wildman–Crippen MR) is 101 cm³/mol. The monoisotopic (exact) mass is 396 g/mol. The second-order valence-electron chi connectivity index (χ2n) is 6.99. The summed E-state index contributed by atoms with van der Waals surface area (Å²) in [5, 5.41) is 2.93. The van der Waals surface area contributed by atoms with Crippen molar-refractivity contribution in [2.45, 2.75) is 43.6 Å². The number of piperidine rings is 1. The lowest BCUT2D eigenvalue weighted by Crippen LogP contribution is -2.46. The molecule has 2 aliphatic heterocycles. The van der Waals surface area contributed by atoms with E-state index < -0.39 is 10.0 Å². The Hall–Kier alpha value is -1.64. The smallest absolute Gasteiger partial charge is 0.243 e. The molecule has 2 aliphatic rings. The Kier molecular flexibility index (Phi) is 6.73. The van der Waals surface area contributed by atoms with Crippen LogP contribution < -0.4 is 10.1 Å². The third kappa shape index (κ3) is 5.00. The van der Waals surface area contributed by atoms with Crippen molar-refractivity contribution in [3.8, 4) is 5.75 Å². The Labute approximate surface area is 161 Å². The number of nitrogens with zero attached hydrogens (tertiary/aromatic N) is 1. The van der Waals surface area contributed by atoms with E-state index in [-0.39, 0.29) is 29.4 Å². The Balaban J connectivity index is 1.60. The molecule has 0 spiro atoms. The Morgan fingerprint density at radius 2 is 2.04 bits per heavy atom. The first-order valence-electron chi connectivity index (χ1n) is 9.63. The van der Waals surface area contributed by atoms with Crippen molar-refractivity contribution in [3.63, 3.8) is 0 Å². The van der Waals surface area contributed by atoms with Gasteiger partial charge in [0, 0.05) is 26.2 Å². The van der Waals surface area contributed by atoms with E-state index in [1.807, 2.05) is 6.92 Å². The van der Waals surface area contributed by atoms with Crippen LogP contribution in [0.15, 0.2) is 29.2 Å². The molecule has 2 heterocycles. The fourth-order valence-corrected chi connectivity index (χ4v) is 5.09. The van der Waals surface area contributed by atoms with Crippen molar-refractivity contribution in [3.05, 3.63) is 24.3 Å². The molecule has 0 aromatic heterocycles. The molecule has 2 atom stereocenters. The van der Waals surface area contributed by atoms with Crippen molar-refractivity contribution in [2.24, 2.45) is 5.92 Å². The van der Waals surface area contributed by atoms with Crippen molar-refractivity contribution < 1.29 is 22.7 Å². The molecule has 1 aromatic carbocycles. The summed E-state index contributed by atoms with van der Waals surface area (Å²) in [7, 11) is -3.62. The van der Waals surface area contributed by atoms with Crippen molar-refractivity contribution in [1.29, 1.82) is 0 Å². The Bertz CT molecular complexity index is 729. The van der Waals surface area contributed by atoms with E-state index in [1.165, 1.54) is 4.31 Å². The number of carbonyl (C=O) groups is 1. The van der Waals surface area contributed by atoms with E-state index in [2.05, 4.69) is 5.32 Å². The summed E-state index contributed by atoms with van der Waals surface area (Å²) in [5.41, 5.74) is 0. The van der Waals surface area contributed by atoms with E-state index in [0.29, 0.717) is 38.3 Å². The van der Waals surface area contributed by atoms with Crippen LogP contribution in [0.25, 0.3) is 0 Å². The maximum absolute atomic E-state index is 12.9. The average molecular weight is 397 g/mol. The van der Waals surface area contributed by atoms with Crippen LogP contribution in [0.3, 0.4) is 0 Å². The summed E-state index contributed by atoms with van der Waals surface area (Å²) < 4.78 is 38.2. The third-order valence-electron chi connectivity index (χ3n) is 5.06. The summed E-state index contributed by atoms with van der Waals surface area (Å²) >= 11 is 0. The normalized spacial score (nSPS) is 23.9. The summed E-state index contributed by atoms with van der Waals surface area (Å²) in [6.07, 6.45) is 3.45. The number of sulfonamides is 1. The second kappa shape index (κ2) is 9.03. The second-order valence-corrected chi connectivity index (χ2v) is 8.92. The molecule has 0 bridgehead atoms. The molecule has 2 fully saturated rings. The molecule has 3 rings (SSSR count).